The summed E-state index contributed by atoms with van der Waals surface area (Å²) in [6.45, 7) is 2.48. The summed E-state index contributed by atoms with van der Waals surface area (Å²) in [6.07, 6.45) is -0.767. The number of aliphatic hydroxyl groups excluding tert-OH is 1. The van der Waals surface area contributed by atoms with Gasteiger partial charge in [0.05, 0.1) is 31.8 Å². The van der Waals surface area contributed by atoms with Gasteiger partial charge in [-0.2, -0.15) is 0 Å². The standard InChI is InChI=1S/C24H29NO6/c1-17(22(26)12-13-30-15-19-8-10-21(29-2)11-9-19)23(27)25-20(16-31-24(25)28)14-18-6-4-3-5-7-18/h3-11,17,20,22,26H,12-16H2,1-2H3/t17-,20-,22+/m1/s1. The molecule has 3 rings (SSSR count). The second-order valence-electron chi connectivity index (χ2n) is 7.67. The van der Waals surface area contributed by atoms with Crippen LogP contribution in [0.2, 0.25) is 0 Å². The number of carbonyl (C=O) groups is 2. The van der Waals surface area contributed by atoms with Crippen LogP contribution in [0.4, 0.5) is 4.79 Å². The number of cyclic esters (lactones) is 1. The van der Waals surface area contributed by atoms with Crippen LogP contribution < -0.4 is 4.74 Å². The summed E-state index contributed by atoms with van der Waals surface area (Å²) in [7, 11) is 1.61. The van der Waals surface area contributed by atoms with Crippen LogP contribution in [0, 0.1) is 5.92 Å². The van der Waals surface area contributed by atoms with E-state index < -0.39 is 24.0 Å². The molecular weight excluding hydrogens is 398 g/mol. The number of methoxy groups -OCH3 is 1. The molecule has 7 nitrogen and oxygen atoms in total. The van der Waals surface area contributed by atoms with Gasteiger partial charge in [-0.05, 0) is 36.1 Å². The average Bonchev–Trinajstić information content (AvgIpc) is 3.16. The highest BCUT2D eigenvalue weighted by atomic mass is 16.6. The van der Waals surface area contributed by atoms with E-state index in [-0.39, 0.29) is 19.1 Å². The minimum Gasteiger partial charge on any atom is -0.497 e. The third-order valence-corrected chi connectivity index (χ3v) is 5.47. The van der Waals surface area contributed by atoms with Crippen molar-refractivity contribution >= 4 is 12.0 Å². The minimum absolute atomic E-state index is 0.160. The Morgan fingerprint density at radius 1 is 1.16 bits per heavy atom. The number of rotatable bonds is 10. The molecule has 2 aromatic rings. The first kappa shape index (κ1) is 22.8. The fourth-order valence-corrected chi connectivity index (χ4v) is 3.52. The molecule has 166 valence electrons. The minimum atomic E-state index is -0.922. The Morgan fingerprint density at radius 3 is 2.55 bits per heavy atom. The van der Waals surface area contributed by atoms with Gasteiger partial charge in [-0.25, -0.2) is 9.69 Å². The van der Waals surface area contributed by atoms with Crippen molar-refractivity contribution in [2.75, 3.05) is 20.3 Å². The van der Waals surface area contributed by atoms with Crippen LogP contribution in [0.15, 0.2) is 54.6 Å². The number of ether oxygens (including phenoxy) is 3. The first-order valence-electron chi connectivity index (χ1n) is 10.4. The predicted octanol–water partition coefficient (Wildman–Crippen LogP) is 3.19. The van der Waals surface area contributed by atoms with Gasteiger partial charge in [0.15, 0.2) is 0 Å². The molecule has 3 atom stereocenters. The molecule has 1 heterocycles. The van der Waals surface area contributed by atoms with Crippen molar-refractivity contribution in [3.05, 3.63) is 65.7 Å². The lowest BCUT2D eigenvalue weighted by Gasteiger charge is -2.25. The highest BCUT2D eigenvalue weighted by molar-refractivity contribution is 5.94. The van der Waals surface area contributed by atoms with E-state index in [1.54, 1.807) is 14.0 Å². The topological polar surface area (TPSA) is 85.3 Å². The van der Waals surface area contributed by atoms with E-state index in [9.17, 15) is 14.7 Å². The zero-order valence-electron chi connectivity index (χ0n) is 17.9. The number of hydrogen-bond acceptors (Lipinski definition) is 6. The SMILES string of the molecule is COc1ccc(COCC[C@H](O)[C@@H](C)C(=O)N2C(=O)OC[C@H]2Cc2ccccc2)cc1. The van der Waals surface area contributed by atoms with Gasteiger partial charge in [-0.3, -0.25) is 4.79 Å². The van der Waals surface area contributed by atoms with Crippen molar-refractivity contribution in [1.29, 1.82) is 0 Å². The third-order valence-electron chi connectivity index (χ3n) is 5.47. The molecule has 1 saturated heterocycles. The number of benzene rings is 2. The summed E-state index contributed by atoms with van der Waals surface area (Å²) in [4.78, 5) is 26.3. The Bertz CT molecular complexity index is 854. The molecule has 1 aliphatic heterocycles. The molecule has 0 aliphatic carbocycles. The largest absolute Gasteiger partial charge is 0.497 e. The number of imide groups is 1. The number of nitrogens with zero attached hydrogens (tertiary/aromatic N) is 1. The number of hydrogen-bond donors (Lipinski definition) is 1. The van der Waals surface area contributed by atoms with E-state index >= 15 is 0 Å². The highest BCUT2D eigenvalue weighted by Gasteiger charge is 2.41. The van der Waals surface area contributed by atoms with Crippen LogP contribution in [0.5, 0.6) is 5.75 Å². The van der Waals surface area contributed by atoms with Gasteiger partial charge in [-0.15, -0.1) is 0 Å². The van der Waals surface area contributed by atoms with Crippen molar-refractivity contribution in [3.63, 3.8) is 0 Å². The molecule has 2 aromatic carbocycles. The van der Waals surface area contributed by atoms with Crippen LogP contribution in [-0.4, -0.2) is 54.5 Å². The second-order valence-corrected chi connectivity index (χ2v) is 7.67. The van der Waals surface area contributed by atoms with Gasteiger partial charge in [0.2, 0.25) is 5.91 Å². The lowest BCUT2D eigenvalue weighted by molar-refractivity contribution is -0.136. The van der Waals surface area contributed by atoms with Crippen molar-refractivity contribution in [1.82, 2.24) is 4.90 Å². The van der Waals surface area contributed by atoms with Gasteiger partial charge in [0.1, 0.15) is 12.4 Å². The van der Waals surface area contributed by atoms with E-state index in [4.69, 9.17) is 14.2 Å². The van der Waals surface area contributed by atoms with Crippen LogP contribution in [0.1, 0.15) is 24.5 Å². The predicted molar refractivity (Wildman–Crippen MR) is 115 cm³/mol. The van der Waals surface area contributed by atoms with Crippen molar-refractivity contribution in [3.8, 4) is 5.75 Å². The van der Waals surface area contributed by atoms with Crippen LogP contribution in [-0.2, 0) is 27.3 Å². The average molecular weight is 427 g/mol. The molecule has 2 amide bonds. The van der Waals surface area contributed by atoms with E-state index in [2.05, 4.69) is 0 Å². The Balaban J connectivity index is 1.48. The Hall–Kier alpha value is -2.90. The maximum absolute atomic E-state index is 12.9. The first-order valence-corrected chi connectivity index (χ1v) is 10.4. The van der Waals surface area contributed by atoms with Gasteiger partial charge < -0.3 is 19.3 Å². The lowest BCUT2D eigenvalue weighted by atomic mass is 9.99. The molecular formula is C24H29NO6. The lowest BCUT2D eigenvalue weighted by Crippen LogP contribution is -2.45. The van der Waals surface area contributed by atoms with Crippen LogP contribution in [0.25, 0.3) is 0 Å². The van der Waals surface area contributed by atoms with Crippen molar-refractivity contribution in [2.24, 2.45) is 5.92 Å². The maximum Gasteiger partial charge on any atom is 0.416 e. The van der Waals surface area contributed by atoms with Crippen molar-refractivity contribution in [2.45, 2.75) is 38.5 Å². The van der Waals surface area contributed by atoms with E-state index in [0.717, 1.165) is 21.8 Å². The summed E-state index contributed by atoms with van der Waals surface area (Å²) >= 11 is 0. The monoisotopic (exact) mass is 427 g/mol. The molecule has 0 bridgehead atoms. The molecule has 0 saturated carbocycles. The fourth-order valence-electron chi connectivity index (χ4n) is 3.52. The molecule has 7 heteroatoms. The van der Waals surface area contributed by atoms with E-state index in [1.165, 1.54) is 0 Å². The van der Waals surface area contributed by atoms with Gasteiger partial charge in [0, 0.05) is 6.61 Å². The molecule has 1 N–H and O–H groups in total. The van der Waals surface area contributed by atoms with Crippen LogP contribution >= 0.6 is 0 Å². The zero-order valence-corrected chi connectivity index (χ0v) is 17.9. The molecule has 0 radical (unpaired) electrons. The Kier molecular flexibility index (Phi) is 8.03. The van der Waals surface area contributed by atoms with Crippen molar-refractivity contribution < 1.29 is 28.9 Å². The molecule has 1 fully saturated rings. The maximum atomic E-state index is 12.9. The molecule has 1 aliphatic rings. The second kappa shape index (κ2) is 10.9. The summed E-state index contributed by atoms with van der Waals surface area (Å²) in [6, 6.07) is 16.8. The number of amides is 2. The Labute approximate surface area is 182 Å². The number of carbonyl (C=O) groups excluding carboxylic acids is 2. The summed E-state index contributed by atoms with van der Waals surface area (Å²) in [5.41, 5.74) is 2.01. The number of aliphatic hydroxyl groups is 1. The summed E-state index contributed by atoms with van der Waals surface area (Å²) in [5.74, 6) is -0.392. The normalized spacial score (nSPS) is 17.8. The smallest absolute Gasteiger partial charge is 0.416 e. The zero-order chi connectivity index (χ0) is 22.2. The molecule has 0 aromatic heterocycles. The quantitative estimate of drug-likeness (QED) is 0.586. The Morgan fingerprint density at radius 2 is 1.87 bits per heavy atom. The van der Waals surface area contributed by atoms with Gasteiger partial charge >= 0.3 is 6.09 Å². The van der Waals surface area contributed by atoms with Gasteiger partial charge in [-0.1, -0.05) is 49.4 Å². The van der Waals surface area contributed by atoms with E-state index in [0.29, 0.717) is 19.6 Å². The summed E-state index contributed by atoms with van der Waals surface area (Å²) in [5, 5.41) is 10.5. The third kappa shape index (κ3) is 6.06. The van der Waals surface area contributed by atoms with Crippen LogP contribution in [0.3, 0.4) is 0 Å². The first-order chi connectivity index (χ1) is 15.0. The molecule has 0 unspecified atom stereocenters. The fraction of sp³-hybridized carbons (Fsp3) is 0.417. The summed E-state index contributed by atoms with van der Waals surface area (Å²) < 4.78 is 15.9. The van der Waals surface area contributed by atoms with E-state index in [1.807, 2.05) is 54.6 Å². The molecule has 31 heavy (non-hydrogen) atoms. The van der Waals surface area contributed by atoms with Gasteiger partial charge in [0.25, 0.3) is 0 Å². The molecule has 0 spiro atoms. The highest BCUT2D eigenvalue weighted by Crippen LogP contribution is 2.22.